The predicted molar refractivity (Wildman–Crippen MR) is 88.3 cm³/mol. The summed E-state index contributed by atoms with van der Waals surface area (Å²) in [7, 11) is 0. The zero-order valence-electron chi connectivity index (χ0n) is 9.94. The molecule has 1 N–H and O–H groups in total. The molecule has 0 aliphatic heterocycles. The van der Waals surface area contributed by atoms with Gasteiger partial charge in [0.2, 0.25) is 5.91 Å². The van der Waals surface area contributed by atoms with E-state index < -0.39 is 0 Å². The number of amides is 1. The number of carbonyl (C=O) groups excluding carboxylic acids is 1. The Morgan fingerprint density at radius 2 is 1.68 bits per heavy atom. The van der Waals surface area contributed by atoms with Gasteiger partial charge in [-0.15, -0.1) is 0 Å². The molecule has 0 saturated heterocycles. The number of carbonyl (C=O) groups is 1. The fourth-order valence-electron chi connectivity index (χ4n) is 1.46. The van der Waals surface area contributed by atoms with Crippen LogP contribution in [0, 0.1) is 3.57 Å². The van der Waals surface area contributed by atoms with E-state index in [1.807, 2.05) is 36.4 Å². The van der Waals surface area contributed by atoms with Crippen LogP contribution in [0.5, 0.6) is 0 Å². The van der Waals surface area contributed by atoms with E-state index in [0.717, 1.165) is 14.8 Å². The summed E-state index contributed by atoms with van der Waals surface area (Å²) in [5, 5.41) is 3.48. The molecule has 19 heavy (non-hydrogen) atoms. The normalized spacial score (nSPS) is 10.6. The molecule has 2 aromatic rings. The molecule has 1 amide bonds. The summed E-state index contributed by atoms with van der Waals surface area (Å²) in [5.74, 6) is -0.156. The van der Waals surface area contributed by atoms with Crippen molar-refractivity contribution in [1.82, 2.24) is 0 Å². The molecular weight excluding hydrogens is 373 g/mol. The first-order chi connectivity index (χ1) is 9.13. The van der Waals surface area contributed by atoms with Crippen molar-refractivity contribution in [1.29, 1.82) is 0 Å². The highest BCUT2D eigenvalue weighted by atomic mass is 127. The summed E-state index contributed by atoms with van der Waals surface area (Å²) in [4.78, 5) is 11.7. The second-order valence-corrected chi connectivity index (χ2v) is 5.56. The van der Waals surface area contributed by atoms with Crippen molar-refractivity contribution in [2.45, 2.75) is 0 Å². The molecule has 96 valence electrons. The summed E-state index contributed by atoms with van der Waals surface area (Å²) >= 11 is 8.01. The van der Waals surface area contributed by atoms with E-state index in [2.05, 4.69) is 27.9 Å². The van der Waals surface area contributed by atoms with E-state index in [1.165, 1.54) is 6.08 Å². The topological polar surface area (TPSA) is 29.1 Å². The van der Waals surface area contributed by atoms with Gasteiger partial charge >= 0.3 is 0 Å². The molecule has 2 rings (SSSR count). The Labute approximate surface area is 130 Å². The zero-order valence-corrected chi connectivity index (χ0v) is 12.9. The van der Waals surface area contributed by atoms with Crippen molar-refractivity contribution in [2.75, 3.05) is 5.32 Å². The molecule has 0 radical (unpaired) electrons. The van der Waals surface area contributed by atoms with Crippen molar-refractivity contribution in [3.63, 3.8) is 0 Å². The Bertz CT molecular complexity index is 591. The van der Waals surface area contributed by atoms with Crippen LogP contribution in [-0.2, 0) is 4.79 Å². The maximum Gasteiger partial charge on any atom is 0.248 e. The summed E-state index contributed by atoms with van der Waals surface area (Å²) in [6.07, 6.45) is 3.25. The molecule has 0 aromatic heterocycles. The number of nitrogens with one attached hydrogen (secondary N) is 1. The Balaban J connectivity index is 1.97. The molecular formula is C15H11ClINO. The number of rotatable bonds is 3. The molecule has 0 aliphatic carbocycles. The fraction of sp³-hybridized carbons (Fsp3) is 0. The summed E-state index contributed by atoms with van der Waals surface area (Å²) in [6.45, 7) is 0. The van der Waals surface area contributed by atoms with Gasteiger partial charge in [0.25, 0.3) is 0 Å². The van der Waals surface area contributed by atoms with Crippen LogP contribution in [-0.4, -0.2) is 5.91 Å². The standard InChI is InChI=1S/C15H11ClINO/c16-12-4-1-11(2-5-12)3-10-15(19)18-14-8-6-13(17)7-9-14/h1-10H,(H,18,19). The van der Waals surface area contributed by atoms with Gasteiger partial charge in [0.05, 0.1) is 0 Å². The van der Waals surface area contributed by atoms with Gasteiger partial charge in [-0.1, -0.05) is 23.7 Å². The van der Waals surface area contributed by atoms with Crippen LogP contribution >= 0.6 is 34.2 Å². The molecule has 0 fully saturated rings. The third-order valence-corrected chi connectivity index (χ3v) is 3.38. The van der Waals surface area contributed by atoms with Crippen molar-refractivity contribution in [2.24, 2.45) is 0 Å². The fourth-order valence-corrected chi connectivity index (χ4v) is 1.95. The maximum atomic E-state index is 11.7. The number of hydrogen-bond acceptors (Lipinski definition) is 1. The van der Waals surface area contributed by atoms with Gasteiger partial charge in [-0.05, 0) is 70.6 Å². The third-order valence-electron chi connectivity index (χ3n) is 2.41. The molecule has 0 saturated carbocycles. The lowest BCUT2D eigenvalue weighted by Gasteiger charge is -2.01. The summed E-state index contributed by atoms with van der Waals surface area (Å²) in [5.41, 5.74) is 1.72. The minimum atomic E-state index is -0.156. The highest BCUT2D eigenvalue weighted by molar-refractivity contribution is 14.1. The Morgan fingerprint density at radius 3 is 2.32 bits per heavy atom. The first-order valence-corrected chi connectivity index (χ1v) is 7.09. The van der Waals surface area contributed by atoms with Crippen LogP contribution in [0.25, 0.3) is 6.08 Å². The van der Waals surface area contributed by atoms with Crippen LogP contribution in [0.15, 0.2) is 54.6 Å². The molecule has 0 bridgehead atoms. The van der Waals surface area contributed by atoms with Crippen LogP contribution < -0.4 is 5.32 Å². The molecule has 0 aliphatic rings. The Morgan fingerprint density at radius 1 is 1.05 bits per heavy atom. The van der Waals surface area contributed by atoms with Crippen molar-refractivity contribution in [3.8, 4) is 0 Å². The highest BCUT2D eigenvalue weighted by Gasteiger charge is 1.97. The van der Waals surface area contributed by atoms with Crippen molar-refractivity contribution < 1.29 is 4.79 Å². The predicted octanol–water partition coefficient (Wildman–Crippen LogP) is 4.60. The van der Waals surface area contributed by atoms with Gasteiger partial charge in [-0.3, -0.25) is 4.79 Å². The van der Waals surface area contributed by atoms with E-state index in [0.29, 0.717) is 5.02 Å². The van der Waals surface area contributed by atoms with Gasteiger partial charge < -0.3 is 5.32 Å². The van der Waals surface area contributed by atoms with Crippen LogP contribution in [0.2, 0.25) is 5.02 Å². The minimum absolute atomic E-state index is 0.156. The highest BCUT2D eigenvalue weighted by Crippen LogP contribution is 2.12. The SMILES string of the molecule is O=C(C=Cc1ccc(Cl)cc1)Nc1ccc(I)cc1. The second kappa shape index (κ2) is 6.73. The molecule has 2 nitrogen and oxygen atoms in total. The zero-order chi connectivity index (χ0) is 13.7. The van der Waals surface area contributed by atoms with Gasteiger partial charge in [0.15, 0.2) is 0 Å². The molecule has 0 heterocycles. The van der Waals surface area contributed by atoms with E-state index in [4.69, 9.17) is 11.6 Å². The maximum absolute atomic E-state index is 11.7. The van der Waals surface area contributed by atoms with Gasteiger partial charge in [0.1, 0.15) is 0 Å². The number of benzene rings is 2. The number of anilines is 1. The monoisotopic (exact) mass is 383 g/mol. The smallest absolute Gasteiger partial charge is 0.248 e. The van der Waals surface area contributed by atoms with Gasteiger partial charge in [-0.25, -0.2) is 0 Å². The van der Waals surface area contributed by atoms with Gasteiger partial charge in [-0.2, -0.15) is 0 Å². The number of hydrogen-bond donors (Lipinski definition) is 1. The first-order valence-electron chi connectivity index (χ1n) is 5.64. The van der Waals surface area contributed by atoms with Crippen molar-refractivity contribution in [3.05, 3.63) is 68.8 Å². The van der Waals surface area contributed by atoms with E-state index in [-0.39, 0.29) is 5.91 Å². The van der Waals surface area contributed by atoms with E-state index in [9.17, 15) is 4.79 Å². The lowest BCUT2D eigenvalue weighted by Crippen LogP contribution is -2.07. The Kier molecular flexibility index (Phi) is 4.99. The molecule has 0 spiro atoms. The van der Waals surface area contributed by atoms with Crippen LogP contribution in [0.1, 0.15) is 5.56 Å². The lowest BCUT2D eigenvalue weighted by atomic mass is 10.2. The lowest BCUT2D eigenvalue weighted by molar-refractivity contribution is -0.111. The summed E-state index contributed by atoms with van der Waals surface area (Å²) in [6, 6.07) is 14.9. The Hall–Kier alpha value is -1.33. The molecule has 2 aromatic carbocycles. The molecule has 0 atom stereocenters. The van der Waals surface area contributed by atoms with Crippen LogP contribution in [0.4, 0.5) is 5.69 Å². The third kappa shape index (κ3) is 4.69. The van der Waals surface area contributed by atoms with Gasteiger partial charge in [0, 0.05) is 20.4 Å². The van der Waals surface area contributed by atoms with Crippen LogP contribution in [0.3, 0.4) is 0 Å². The quantitative estimate of drug-likeness (QED) is 0.609. The van der Waals surface area contributed by atoms with E-state index in [1.54, 1.807) is 18.2 Å². The average Bonchev–Trinajstić information content (AvgIpc) is 2.41. The first kappa shape index (κ1) is 14.1. The number of halogens is 2. The van der Waals surface area contributed by atoms with E-state index >= 15 is 0 Å². The van der Waals surface area contributed by atoms with Crippen molar-refractivity contribution >= 4 is 51.9 Å². The molecule has 0 unspecified atom stereocenters. The second-order valence-electron chi connectivity index (χ2n) is 3.88. The molecule has 4 heteroatoms. The average molecular weight is 384 g/mol. The summed E-state index contributed by atoms with van der Waals surface area (Å²) < 4.78 is 1.13. The minimum Gasteiger partial charge on any atom is -0.323 e. The largest absolute Gasteiger partial charge is 0.323 e.